The van der Waals surface area contributed by atoms with Crippen molar-refractivity contribution in [3.8, 4) is 0 Å². The van der Waals surface area contributed by atoms with Gasteiger partial charge in [0.1, 0.15) is 0 Å². The number of rotatable bonds is 2. The summed E-state index contributed by atoms with van der Waals surface area (Å²) in [6.45, 7) is 2.89. The van der Waals surface area contributed by atoms with Gasteiger partial charge in [-0.15, -0.1) is 0 Å². The van der Waals surface area contributed by atoms with Crippen molar-refractivity contribution in [3.05, 3.63) is 29.3 Å². The largest absolute Gasteiger partial charge is 0.373 e. The number of carbonyl (C=O) groups excluding carboxylic acids is 1. The van der Waals surface area contributed by atoms with Gasteiger partial charge in [-0.05, 0) is 49.8 Å². The maximum atomic E-state index is 11.6. The maximum Gasteiger partial charge on any atom is 0.224 e. The molecule has 108 valence electrons. The molecule has 1 saturated heterocycles. The molecule has 0 saturated carbocycles. The van der Waals surface area contributed by atoms with E-state index in [0.717, 1.165) is 43.5 Å². The van der Waals surface area contributed by atoms with Crippen LogP contribution < -0.4 is 11.1 Å². The van der Waals surface area contributed by atoms with E-state index in [1.165, 1.54) is 5.56 Å². The Morgan fingerprint density at radius 3 is 2.95 bits per heavy atom. The molecule has 2 aliphatic rings. The number of ether oxygens (including phenoxy) is 1. The minimum Gasteiger partial charge on any atom is -0.373 e. The van der Waals surface area contributed by atoms with Gasteiger partial charge in [0.15, 0.2) is 0 Å². The first kappa shape index (κ1) is 13.6. The number of benzene rings is 1. The highest BCUT2D eigenvalue weighted by Gasteiger charge is 2.37. The highest BCUT2D eigenvalue weighted by Crippen LogP contribution is 2.37. The standard InChI is InChI=1S/C16H22N2O2/c1-16(8-3-9-20-16)15(17)12-6-7-13-11(10-12)4-2-5-14(19)18-13/h6-7,10,15H,2-5,8-9,17H2,1H3,(H,18,19). The zero-order valence-corrected chi connectivity index (χ0v) is 11.9. The van der Waals surface area contributed by atoms with Crippen LogP contribution in [0.25, 0.3) is 0 Å². The Hall–Kier alpha value is -1.39. The van der Waals surface area contributed by atoms with Gasteiger partial charge in [-0.25, -0.2) is 0 Å². The third kappa shape index (κ3) is 2.45. The molecule has 0 aliphatic carbocycles. The number of hydrogen-bond donors (Lipinski definition) is 2. The zero-order chi connectivity index (χ0) is 14.2. The van der Waals surface area contributed by atoms with Crippen molar-refractivity contribution >= 4 is 11.6 Å². The number of anilines is 1. The molecule has 0 bridgehead atoms. The van der Waals surface area contributed by atoms with E-state index in [2.05, 4.69) is 18.3 Å². The molecular weight excluding hydrogens is 252 g/mol. The van der Waals surface area contributed by atoms with Gasteiger partial charge in [-0.1, -0.05) is 12.1 Å². The average Bonchev–Trinajstić information content (AvgIpc) is 2.79. The van der Waals surface area contributed by atoms with E-state index in [9.17, 15) is 4.79 Å². The van der Waals surface area contributed by atoms with Crippen molar-refractivity contribution in [2.45, 2.75) is 50.7 Å². The van der Waals surface area contributed by atoms with Crippen LogP contribution in [0.15, 0.2) is 18.2 Å². The Morgan fingerprint density at radius 1 is 1.35 bits per heavy atom. The molecule has 0 aromatic heterocycles. The van der Waals surface area contributed by atoms with Gasteiger partial charge in [0.05, 0.1) is 11.6 Å². The first-order valence-corrected chi connectivity index (χ1v) is 7.41. The van der Waals surface area contributed by atoms with Crippen LogP contribution in [0.4, 0.5) is 5.69 Å². The number of fused-ring (bicyclic) bond motifs is 1. The number of nitrogens with two attached hydrogens (primary N) is 1. The van der Waals surface area contributed by atoms with Crippen molar-refractivity contribution < 1.29 is 9.53 Å². The molecule has 4 heteroatoms. The molecule has 2 aliphatic heterocycles. The predicted molar refractivity (Wildman–Crippen MR) is 78.5 cm³/mol. The monoisotopic (exact) mass is 274 g/mol. The van der Waals surface area contributed by atoms with E-state index in [1.807, 2.05) is 12.1 Å². The summed E-state index contributed by atoms with van der Waals surface area (Å²) in [5, 5.41) is 2.96. The summed E-state index contributed by atoms with van der Waals surface area (Å²) in [5.74, 6) is 0.104. The predicted octanol–water partition coefficient (Wildman–Crippen LogP) is 2.53. The van der Waals surface area contributed by atoms with Crippen molar-refractivity contribution in [3.63, 3.8) is 0 Å². The van der Waals surface area contributed by atoms with Gasteiger partial charge in [0, 0.05) is 18.7 Å². The van der Waals surface area contributed by atoms with Gasteiger partial charge in [0.25, 0.3) is 0 Å². The van der Waals surface area contributed by atoms with Crippen LogP contribution in [0.2, 0.25) is 0 Å². The Labute approximate surface area is 119 Å². The van der Waals surface area contributed by atoms with Crippen LogP contribution in [0.5, 0.6) is 0 Å². The second-order valence-electron chi connectivity index (χ2n) is 6.06. The Kier molecular flexibility index (Phi) is 3.52. The lowest BCUT2D eigenvalue weighted by Crippen LogP contribution is -2.37. The van der Waals surface area contributed by atoms with E-state index < -0.39 is 0 Å². The smallest absolute Gasteiger partial charge is 0.224 e. The molecule has 1 aromatic carbocycles. The fourth-order valence-electron chi connectivity index (χ4n) is 3.19. The highest BCUT2D eigenvalue weighted by molar-refractivity contribution is 5.92. The topological polar surface area (TPSA) is 64.4 Å². The third-order valence-corrected chi connectivity index (χ3v) is 4.52. The summed E-state index contributed by atoms with van der Waals surface area (Å²) in [4.78, 5) is 11.6. The summed E-state index contributed by atoms with van der Waals surface area (Å²) in [6.07, 6.45) is 4.49. The molecule has 2 atom stereocenters. The van der Waals surface area contributed by atoms with Crippen LogP contribution >= 0.6 is 0 Å². The average molecular weight is 274 g/mol. The van der Waals surface area contributed by atoms with Crippen LogP contribution in [-0.2, 0) is 16.0 Å². The van der Waals surface area contributed by atoms with Crippen LogP contribution in [0, 0.1) is 0 Å². The van der Waals surface area contributed by atoms with Crippen LogP contribution in [0.3, 0.4) is 0 Å². The molecule has 20 heavy (non-hydrogen) atoms. The van der Waals surface area contributed by atoms with Gasteiger partial charge >= 0.3 is 0 Å². The van der Waals surface area contributed by atoms with Crippen LogP contribution in [-0.4, -0.2) is 18.1 Å². The van der Waals surface area contributed by atoms with Gasteiger partial charge in [-0.2, -0.15) is 0 Å². The highest BCUT2D eigenvalue weighted by atomic mass is 16.5. The quantitative estimate of drug-likeness (QED) is 0.871. The summed E-state index contributed by atoms with van der Waals surface area (Å²) >= 11 is 0. The number of amides is 1. The molecule has 0 spiro atoms. The minimum absolute atomic E-state index is 0.104. The lowest BCUT2D eigenvalue weighted by atomic mass is 9.87. The van der Waals surface area contributed by atoms with Crippen LogP contribution in [0.1, 0.15) is 49.8 Å². The van der Waals surface area contributed by atoms with Crippen molar-refractivity contribution in [1.82, 2.24) is 0 Å². The van der Waals surface area contributed by atoms with Gasteiger partial charge in [-0.3, -0.25) is 4.79 Å². The summed E-state index contributed by atoms with van der Waals surface area (Å²) < 4.78 is 5.85. The molecule has 1 aromatic rings. The van der Waals surface area contributed by atoms with E-state index >= 15 is 0 Å². The van der Waals surface area contributed by atoms with Crippen molar-refractivity contribution in [2.24, 2.45) is 5.73 Å². The number of hydrogen-bond acceptors (Lipinski definition) is 3. The molecule has 0 radical (unpaired) electrons. The number of nitrogens with one attached hydrogen (secondary N) is 1. The second-order valence-corrected chi connectivity index (χ2v) is 6.06. The Balaban J connectivity index is 1.88. The Morgan fingerprint density at radius 2 is 2.20 bits per heavy atom. The molecule has 1 amide bonds. The molecule has 2 unspecified atom stereocenters. The second kappa shape index (κ2) is 5.19. The van der Waals surface area contributed by atoms with E-state index in [0.29, 0.717) is 6.42 Å². The van der Waals surface area contributed by atoms with Gasteiger partial charge in [0.2, 0.25) is 5.91 Å². The Bertz CT molecular complexity index is 521. The minimum atomic E-state index is -0.262. The van der Waals surface area contributed by atoms with E-state index in [-0.39, 0.29) is 17.6 Å². The fraction of sp³-hybridized carbons (Fsp3) is 0.562. The normalized spacial score (nSPS) is 27.6. The molecule has 1 fully saturated rings. The molecule has 3 rings (SSSR count). The maximum absolute atomic E-state index is 11.6. The number of aryl methyl sites for hydroxylation is 1. The first-order chi connectivity index (χ1) is 9.58. The molecule has 3 N–H and O–H groups in total. The van der Waals surface area contributed by atoms with E-state index in [1.54, 1.807) is 0 Å². The number of carbonyl (C=O) groups is 1. The molecule has 4 nitrogen and oxygen atoms in total. The van der Waals surface area contributed by atoms with Crippen molar-refractivity contribution in [1.29, 1.82) is 0 Å². The summed E-state index contributed by atoms with van der Waals surface area (Å²) in [5.41, 5.74) is 9.38. The SMILES string of the molecule is CC1(C(N)c2ccc3c(c2)CCCC(=O)N3)CCCO1. The third-order valence-electron chi connectivity index (χ3n) is 4.52. The lowest BCUT2D eigenvalue weighted by molar-refractivity contribution is -0.116. The van der Waals surface area contributed by atoms with Crippen molar-refractivity contribution in [2.75, 3.05) is 11.9 Å². The fourth-order valence-corrected chi connectivity index (χ4v) is 3.19. The summed E-state index contributed by atoms with van der Waals surface area (Å²) in [7, 11) is 0. The zero-order valence-electron chi connectivity index (χ0n) is 11.9. The first-order valence-electron chi connectivity index (χ1n) is 7.41. The van der Waals surface area contributed by atoms with E-state index in [4.69, 9.17) is 10.5 Å². The lowest BCUT2D eigenvalue weighted by Gasteiger charge is -2.31. The molecular formula is C16H22N2O2. The molecule has 2 heterocycles. The van der Waals surface area contributed by atoms with Gasteiger partial charge < -0.3 is 15.8 Å². The summed E-state index contributed by atoms with van der Waals surface area (Å²) in [6, 6.07) is 6.02.